The van der Waals surface area contributed by atoms with Crippen molar-refractivity contribution < 1.29 is 13.9 Å². The molecule has 1 aromatic heterocycles. The molecular formula is C23H23NO4. The predicted octanol–water partition coefficient (Wildman–Crippen LogP) is 3.91. The molecule has 28 heavy (non-hydrogen) atoms. The van der Waals surface area contributed by atoms with E-state index >= 15 is 0 Å². The lowest BCUT2D eigenvalue weighted by molar-refractivity contribution is 0.0663. The summed E-state index contributed by atoms with van der Waals surface area (Å²) in [4.78, 5) is 28.3. The first-order valence-electron chi connectivity index (χ1n) is 9.36. The van der Waals surface area contributed by atoms with Crippen LogP contribution < -0.4 is 5.43 Å². The van der Waals surface area contributed by atoms with E-state index in [2.05, 4.69) is 0 Å². The van der Waals surface area contributed by atoms with Crippen molar-refractivity contribution in [2.75, 3.05) is 20.3 Å². The minimum Gasteiger partial charge on any atom is -0.450 e. The summed E-state index contributed by atoms with van der Waals surface area (Å²) in [5.41, 5.74) is 4.62. The van der Waals surface area contributed by atoms with Gasteiger partial charge in [-0.05, 0) is 43.5 Å². The summed E-state index contributed by atoms with van der Waals surface area (Å²) >= 11 is 0. The number of carbonyl (C=O) groups excluding carboxylic acids is 1. The van der Waals surface area contributed by atoms with Gasteiger partial charge in [0.25, 0.3) is 5.91 Å². The number of fused-ring (bicyclic) bond motifs is 2. The van der Waals surface area contributed by atoms with E-state index in [1.807, 2.05) is 57.2 Å². The number of nitrogens with zero attached hydrogens (tertiary/aromatic N) is 1. The molecule has 1 amide bonds. The van der Waals surface area contributed by atoms with Crippen LogP contribution in [0, 0.1) is 20.8 Å². The highest BCUT2D eigenvalue weighted by Crippen LogP contribution is 2.38. The van der Waals surface area contributed by atoms with Gasteiger partial charge in [-0.3, -0.25) is 9.59 Å². The van der Waals surface area contributed by atoms with E-state index < -0.39 is 6.04 Å². The van der Waals surface area contributed by atoms with Gasteiger partial charge in [0.1, 0.15) is 5.58 Å². The van der Waals surface area contributed by atoms with E-state index in [0.717, 1.165) is 22.3 Å². The molecule has 1 aliphatic heterocycles. The molecule has 0 bridgehead atoms. The van der Waals surface area contributed by atoms with Crippen LogP contribution in [0.3, 0.4) is 0 Å². The second kappa shape index (κ2) is 6.91. The van der Waals surface area contributed by atoms with Crippen molar-refractivity contribution in [1.82, 2.24) is 4.90 Å². The monoisotopic (exact) mass is 377 g/mol. The van der Waals surface area contributed by atoms with Crippen LogP contribution in [0.25, 0.3) is 11.0 Å². The molecule has 3 aromatic rings. The third-order valence-corrected chi connectivity index (χ3v) is 5.33. The van der Waals surface area contributed by atoms with Crippen molar-refractivity contribution in [3.63, 3.8) is 0 Å². The van der Waals surface area contributed by atoms with Crippen LogP contribution in [0.5, 0.6) is 0 Å². The van der Waals surface area contributed by atoms with Crippen LogP contribution >= 0.6 is 0 Å². The summed E-state index contributed by atoms with van der Waals surface area (Å²) in [5.74, 6) is -0.122. The van der Waals surface area contributed by atoms with E-state index in [-0.39, 0.29) is 17.1 Å². The second-order valence-electron chi connectivity index (χ2n) is 7.44. The third-order valence-electron chi connectivity index (χ3n) is 5.33. The van der Waals surface area contributed by atoms with Gasteiger partial charge >= 0.3 is 0 Å². The average Bonchev–Trinajstić information content (AvgIpc) is 2.94. The number of benzene rings is 2. The molecular weight excluding hydrogens is 354 g/mol. The van der Waals surface area contributed by atoms with E-state index in [4.69, 9.17) is 9.15 Å². The Morgan fingerprint density at radius 1 is 1.04 bits per heavy atom. The third kappa shape index (κ3) is 2.83. The topological polar surface area (TPSA) is 59.8 Å². The lowest BCUT2D eigenvalue weighted by atomic mass is 9.97. The van der Waals surface area contributed by atoms with Gasteiger partial charge in [-0.25, -0.2) is 0 Å². The normalized spacial score (nSPS) is 16.1. The lowest BCUT2D eigenvalue weighted by Gasteiger charge is -2.24. The summed E-state index contributed by atoms with van der Waals surface area (Å²) in [7, 11) is 1.60. The fraction of sp³-hybridized carbons (Fsp3) is 0.304. The van der Waals surface area contributed by atoms with Gasteiger partial charge in [-0.2, -0.15) is 0 Å². The van der Waals surface area contributed by atoms with Gasteiger partial charge in [0, 0.05) is 13.7 Å². The fourth-order valence-electron chi connectivity index (χ4n) is 3.99. The predicted molar refractivity (Wildman–Crippen MR) is 108 cm³/mol. The fourth-order valence-corrected chi connectivity index (χ4v) is 3.99. The molecule has 2 heterocycles. The van der Waals surface area contributed by atoms with Crippen LogP contribution in [0.15, 0.2) is 45.6 Å². The van der Waals surface area contributed by atoms with Crippen LogP contribution in [0.1, 0.15) is 44.4 Å². The molecule has 0 fully saturated rings. The standard InChI is InChI=1S/C23H23NO4/c1-13-5-7-16(8-6-13)19-18-20(25)17-12-14(2)11-15(3)21(17)28-22(18)23(26)24(19)9-10-27-4/h5-8,11-12,19H,9-10H2,1-4H3. The average molecular weight is 377 g/mol. The molecule has 5 nitrogen and oxygen atoms in total. The number of methoxy groups -OCH3 is 1. The molecule has 0 N–H and O–H groups in total. The number of hydrogen-bond acceptors (Lipinski definition) is 4. The maximum absolute atomic E-state index is 13.5. The second-order valence-corrected chi connectivity index (χ2v) is 7.44. The smallest absolute Gasteiger partial charge is 0.290 e. The Morgan fingerprint density at radius 3 is 2.43 bits per heavy atom. The van der Waals surface area contributed by atoms with Gasteiger partial charge in [-0.15, -0.1) is 0 Å². The molecule has 0 radical (unpaired) electrons. The van der Waals surface area contributed by atoms with E-state index in [1.54, 1.807) is 12.0 Å². The number of aryl methyl sites for hydroxylation is 3. The number of carbonyl (C=O) groups is 1. The molecule has 1 unspecified atom stereocenters. The van der Waals surface area contributed by atoms with Crippen LogP contribution in [-0.4, -0.2) is 31.1 Å². The van der Waals surface area contributed by atoms with Crippen molar-refractivity contribution in [2.45, 2.75) is 26.8 Å². The Balaban J connectivity index is 2.00. The summed E-state index contributed by atoms with van der Waals surface area (Å²) in [6.07, 6.45) is 0. The van der Waals surface area contributed by atoms with E-state index in [0.29, 0.717) is 29.7 Å². The maximum Gasteiger partial charge on any atom is 0.290 e. The van der Waals surface area contributed by atoms with Gasteiger partial charge in [0.15, 0.2) is 5.43 Å². The number of ether oxygens (including phenoxy) is 1. The summed E-state index contributed by atoms with van der Waals surface area (Å²) < 4.78 is 11.2. The number of hydrogen-bond donors (Lipinski definition) is 0. The highest BCUT2D eigenvalue weighted by Gasteiger charge is 2.42. The minimum atomic E-state index is -0.472. The summed E-state index contributed by atoms with van der Waals surface area (Å²) in [6.45, 7) is 6.62. The molecule has 0 aliphatic carbocycles. The van der Waals surface area contributed by atoms with Crippen molar-refractivity contribution >= 4 is 16.9 Å². The van der Waals surface area contributed by atoms with Crippen LogP contribution in [0.4, 0.5) is 0 Å². The van der Waals surface area contributed by atoms with E-state index in [9.17, 15) is 9.59 Å². The summed E-state index contributed by atoms with van der Waals surface area (Å²) in [6, 6.07) is 11.2. The number of rotatable bonds is 4. The van der Waals surface area contributed by atoms with Crippen molar-refractivity contribution in [2.24, 2.45) is 0 Å². The van der Waals surface area contributed by atoms with Gasteiger partial charge < -0.3 is 14.1 Å². The minimum absolute atomic E-state index is 0.137. The van der Waals surface area contributed by atoms with Crippen molar-refractivity contribution in [1.29, 1.82) is 0 Å². The Hall–Kier alpha value is -2.92. The van der Waals surface area contributed by atoms with Crippen LogP contribution in [-0.2, 0) is 4.74 Å². The zero-order valence-corrected chi connectivity index (χ0v) is 16.5. The molecule has 0 saturated heterocycles. The first kappa shape index (κ1) is 18.4. The quantitative estimate of drug-likeness (QED) is 0.692. The largest absolute Gasteiger partial charge is 0.450 e. The highest BCUT2D eigenvalue weighted by molar-refractivity contribution is 5.99. The van der Waals surface area contributed by atoms with Gasteiger partial charge in [0.05, 0.1) is 23.6 Å². The molecule has 4 rings (SSSR count). The van der Waals surface area contributed by atoms with Crippen molar-refractivity contribution in [3.8, 4) is 0 Å². The SMILES string of the molecule is COCCN1C(=O)c2oc3c(C)cc(C)cc3c(=O)c2C1c1ccc(C)cc1. The van der Waals surface area contributed by atoms with Gasteiger partial charge in [0.2, 0.25) is 5.76 Å². The zero-order chi connectivity index (χ0) is 20.0. The Morgan fingerprint density at radius 2 is 1.75 bits per heavy atom. The molecule has 1 aliphatic rings. The summed E-state index contributed by atoms with van der Waals surface area (Å²) in [5, 5.41) is 0.523. The molecule has 1 atom stereocenters. The van der Waals surface area contributed by atoms with Crippen molar-refractivity contribution in [3.05, 3.63) is 80.2 Å². The molecule has 2 aromatic carbocycles. The molecule has 5 heteroatoms. The van der Waals surface area contributed by atoms with E-state index in [1.165, 1.54) is 0 Å². The maximum atomic E-state index is 13.5. The number of amides is 1. The Bertz CT molecular complexity index is 1130. The molecule has 0 saturated carbocycles. The Kier molecular flexibility index (Phi) is 4.55. The lowest BCUT2D eigenvalue weighted by Crippen LogP contribution is -2.32. The molecule has 144 valence electrons. The Labute approximate surface area is 163 Å². The highest BCUT2D eigenvalue weighted by atomic mass is 16.5. The van der Waals surface area contributed by atoms with Crippen LogP contribution in [0.2, 0.25) is 0 Å². The molecule has 0 spiro atoms. The van der Waals surface area contributed by atoms with Gasteiger partial charge in [-0.1, -0.05) is 35.9 Å². The zero-order valence-electron chi connectivity index (χ0n) is 16.5. The first-order chi connectivity index (χ1) is 13.4. The first-order valence-corrected chi connectivity index (χ1v) is 9.36.